The Hall–Kier alpha value is 0.733. The van der Waals surface area contributed by atoms with Gasteiger partial charge in [0.2, 0.25) is 0 Å². The van der Waals surface area contributed by atoms with Crippen LogP contribution in [0.5, 0.6) is 0 Å². The second-order valence-electron chi connectivity index (χ2n) is 9.10. The van der Waals surface area contributed by atoms with E-state index in [9.17, 15) is 4.57 Å². The standard InChI is InChI=1S/C25H53O4P.Zn/c1-2-3-4-5-6-7-8-9-10-11-12-13-14-15-16-17-18-19-20-21-22-23-24-25-29-30(26,27)28;/h2-25H2,1H3,(H2,26,27,28);. The first-order chi connectivity index (χ1) is 14.6. The molecule has 184 valence electrons. The van der Waals surface area contributed by atoms with Gasteiger partial charge in [-0.05, 0) is 6.42 Å². The van der Waals surface area contributed by atoms with Crippen molar-refractivity contribution in [3.63, 3.8) is 0 Å². The van der Waals surface area contributed by atoms with Crippen molar-refractivity contribution >= 4 is 7.82 Å². The van der Waals surface area contributed by atoms with Crippen LogP contribution in [-0.4, -0.2) is 16.4 Å². The molecule has 0 atom stereocenters. The molecular formula is C25H53O4PZn. The predicted octanol–water partition coefficient (Wildman–Crippen LogP) is 9.09. The maximum absolute atomic E-state index is 10.5. The summed E-state index contributed by atoms with van der Waals surface area (Å²) in [6.45, 7) is 2.46. The molecule has 0 aromatic heterocycles. The molecule has 0 aliphatic heterocycles. The molecule has 0 spiro atoms. The third-order valence-corrected chi connectivity index (χ3v) is 6.53. The van der Waals surface area contributed by atoms with Crippen molar-refractivity contribution < 1.29 is 38.4 Å². The van der Waals surface area contributed by atoms with E-state index in [2.05, 4.69) is 11.4 Å². The van der Waals surface area contributed by atoms with Crippen molar-refractivity contribution in [2.75, 3.05) is 6.61 Å². The minimum atomic E-state index is -4.26. The minimum absolute atomic E-state index is 0. The van der Waals surface area contributed by atoms with Gasteiger partial charge in [-0.15, -0.1) is 0 Å². The van der Waals surface area contributed by atoms with Crippen molar-refractivity contribution in [3.05, 3.63) is 0 Å². The number of hydrogen-bond donors (Lipinski definition) is 2. The van der Waals surface area contributed by atoms with Crippen LogP contribution in [0.2, 0.25) is 0 Å². The van der Waals surface area contributed by atoms with Crippen LogP contribution in [0.3, 0.4) is 0 Å². The fourth-order valence-corrected chi connectivity index (χ4v) is 4.44. The van der Waals surface area contributed by atoms with Gasteiger partial charge in [0.25, 0.3) is 0 Å². The van der Waals surface area contributed by atoms with Gasteiger partial charge in [-0.25, -0.2) is 4.57 Å². The maximum atomic E-state index is 10.5. The molecule has 4 nitrogen and oxygen atoms in total. The normalized spacial score (nSPS) is 11.6. The Balaban J connectivity index is 0. The topological polar surface area (TPSA) is 66.8 Å². The number of rotatable bonds is 25. The third-order valence-electron chi connectivity index (χ3n) is 6.01. The van der Waals surface area contributed by atoms with Gasteiger partial charge in [0.05, 0.1) is 6.61 Å². The largest absolute Gasteiger partial charge is 0.469 e. The van der Waals surface area contributed by atoms with Crippen LogP contribution < -0.4 is 0 Å². The zero-order chi connectivity index (χ0) is 22.2. The van der Waals surface area contributed by atoms with Crippen LogP contribution in [-0.2, 0) is 28.6 Å². The molecule has 0 radical (unpaired) electrons. The van der Waals surface area contributed by atoms with E-state index >= 15 is 0 Å². The Morgan fingerprint density at radius 1 is 0.484 bits per heavy atom. The molecule has 0 aliphatic rings. The van der Waals surface area contributed by atoms with E-state index in [1.54, 1.807) is 0 Å². The quantitative estimate of drug-likeness (QED) is 0.0725. The van der Waals surface area contributed by atoms with Crippen LogP contribution in [0, 0.1) is 0 Å². The Kier molecular flexibility index (Phi) is 29.5. The minimum Gasteiger partial charge on any atom is -0.303 e. The van der Waals surface area contributed by atoms with Gasteiger partial charge in [0, 0.05) is 19.5 Å². The molecule has 0 saturated carbocycles. The maximum Gasteiger partial charge on any atom is 0.469 e. The Bertz CT molecular complexity index is 377. The van der Waals surface area contributed by atoms with E-state index in [4.69, 9.17) is 9.79 Å². The first-order valence-corrected chi connectivity index (χ1v) is 14.8. The van der Waals surface area contributed by atoms with Crippen LogP contribution in [0.1, 0.15) is 155 Å². The van der Waals surface area contributed by atoms with Crippen molar-refractivity contribution in [1.29, 1.82) is 0 Å². The molecule has 6 heteroatoms. The van der Waals surface area contributed by atoms with Gasteiger partial charge in [-0.1, -0.05) is 148 Å². The molecule has 0 aromatic rings. The fourth-order valence-electron chi connectivity index (χ4n) is 4.07. The first-order valence-electron chi connectivity index (χ1n) is 13.3. The van der Waals surface area contributed by atoms with Gasteiger partial charge < -0.3 is 9.79 Å². The average molecular weight is 514 g/mol. The Morgan fingerprint density at radius 2 is 0.710 bits per heavy atom. The summed E-state index contributed by atoms with van der Waals surface area (Å²) in [6, 6.07) is 0. The summed E-state index contributed by atoms with van der Waals surface area (Å²) >= 11 is 0. The monoisotopic (exact) mass is 512 g/mol. The molecule has 0 saturated heterocycles. The average Bonchev–Trinajstić information content (AvgIpc) is 2.70. The number of phosphoric acid groups is 1. The van der Waals surface area contributed by atoms with E-state index in [-0.39, 0.29) is 26.1 Å². The molecule has 2 N–H and O–H groups in total. The van der Waals surface area contributed by atoms with E-state index in [1.807, 2.05) is 0 Å². The molecule has 0 aromatic carbocycles. The van der Waals surface area contributed by atoms with Crippen molar-refractivity contribution in [3.8, 4) is 0 Å². The summed E-state index contributed by atoms with van der Waals surface area (Å²) in [7, 11) is -4.26. The van der Waals surface area contributed by atoms with E-state index in [0.717, 1.165) is 19.3 Å². The van der Waals surface area contributed by atoms with E-state index in [0.29, 0.717) is 0 Å². The molecule has 0 unspecified atom stereocenters. The van der Waals surface area contributed by atoms with Gasteiger partial charge in [0.15, 0.2) is 0 Å². The van der Waals surface area contributed by atoms with Crippen LogP contribution in [0.4, 0.5) is 0 Å². The van der Waals surface area contributed by atoms with Crippen molar-refractivity contribution in [1.82, 2.24) is 0 Å². The molecule has 0 aliphatic carbocycles. The third kappa shape index (κ3) is 33.0. The van der Waals surface area contributed by atoms with Gasteiger partial charge in [0.1, 0.15) is 0 Å². The SMILES string of the molecule is CCCCCCCCCCCCCCCCCCCCCCCCCOP(=O)(O)O.[Zn]. The van der Waals surface area contributed by atoms with Crippen LogP contribution in [0.25, 0.3) is 0 Å². The van der Waals surface area contributed by atoms with Gasteiger partial charge >= 0.3 is 7.82 Å². The van der Waals surface area contributed by atoms with Crippen LogP contribution in [0.15, 0.2) is 0 Å². The zero-order valence-corrected chi connectivity index (χ0v) is 24.7. The van der Waals surface area contributed by atoms with Crippen molar-refractivity contribution in [2.45, 2.75) is 155 Å². The predicted molar refractivity (Wildman–Crippen MR) is 130 cm³/mol. The fraction of sp³-hybridized carbons (Fsp3) is 1.00. The first kappa shape index (κ1) is 33.9. The molecule has 0 fully saturated rings. The summed E-state index contributed by atoms with van der Waals surface area (Å²) < 4.78 is 15.0. The Morgan fingerprint density at radius 3 is 0.935 bits per heavy atom. The number of unbranched alkanes of at least 4 members (excludes halogenated alkanes) is 22. The second-order valence-corrected chi connectivity index (χ2v) is 10.3. The molecule has 31 heavy (non-hydrogen) atoms. The van der Waals surface area contributed by atoms with Gasteiger partial charge in [-0.2, -0.15) is 0 Å². The summed E-state index contributed by atoms with van der Waals surface area (Å²) in [5.74, 6) is 0. The summed E-state index contributed by atoms with van der Waals surface area (Å²) in [5.41, 5.74) is 0. The zero-order valence-electron chi connectivity index (χ0n) is 20.8. The van der Waals surface area contributed by atoms with E-state index in [1.165, 1.54) is 128 Å². The summed E-state index contributed by atoms with van der Waals surface area (Å²) in [4.78, 5) is 17.2. The number of hydrogen-bond acceptors (Lipinski definition) is 2. The summed E-state index contributed by atoms with van der Waals surface area (Å²) in [6.07, 6.45) is 31.0. The number of phosphoric ester groups is 1. The van der Waals surface area contributed by atoms with Crippen molar-refractivity contribution in [2.24, 2.45) is 0 Å². The Labute approximate surface area is 207 Å². The molecule has 0 rings (SSSR count). The van der Waals surface area contributed by atoms with E-state index < -0.39 is 7.82 Å². The molecule has 0 bridgehead atoms. The molecule has 0 amide bonds. The second kappa shape index (κ2) is 27.0. The van der Waals surface area contributed by atoms with Gasteiger partial charge in [-0.3, -0.25) is 4.52 Å². The van der Waals surface area contributed by atoms with Crippen LogP contribution >= 0.6 is 7.82 Å². The molecule has 0 heterocycles. The summed E-state index contributed by atoms with van der Waals surface area (Å²) in [5, 5.41) is 0. The molecular weight excluding hydrogens is 461 g/mol. The smallest absolute Gasteiger partial charge is 0.303 e.